The highest BCUT2D eigenvalue weighted by Gasteiger charge is 2.06. The number of carbonyl (C=O) groups is 2. The van der Waals surface area contributed by atoms with Gasteiger partial charge in [0.1, 0.15) is 19.0 Å². The molecule has 0 heterocycles. The minimum Gasteiger partial charge on any atom is -0.493 e. The second kappa shape index (κ2) is 12.9. The molecule has 0 unspecified atom stereocenters. The summed E-state index contributed by atoms with van der Waals surface area (Å²) in [6.07, 6.45) is 1.58. The zero-order valence-corrected chi connectivity index (χ0v) is 18.0. The lowest BCUT2D eigenvalue weighted by Gasteiger charge is -2.09. The van der Waals surface area contributed by atoms with Crippen LogP contribution in [0.1, 0.15) is 11.1 Å². The van der Waals surface area contributed by atoms with Crippen LogP contribution in [0, 0.1) is 0 Å². The minimum absolute atomic E-state index is 0.156. The van der Waals surface area contributed by atoms with Gasteiger partial charge >= 0.3 is 0 Å². The van der Waals surface area contributed by atoms with Gasteiger partial charge in [-0.25, -0.2) is 0 Å². The van der Waals surface area contributed by atoms with Crippen molar-refractivity contribution in [3.8, 4) is 5.75 Å². The summed E-state index contributed by atoms with van der Waals surface area (Å²) in [5.74, 6) is 0.174. The number of ether oxygens (including phenoxy) is 2. The average Bonchev–Trinajstić information content (AvgIpc) is 2.82. The van der Waals surface area contributed by atoms with E-state index in [4.69, 9.17) is 9.47 Å². The molecular formula is C26H28N2O4. The Balaban J connectivity index is 1.27. The van der Waals surface area contributed by atoms with E-state index in [9.17, 15) is 9.59 Å². The fourth-order valence-electron chi connectivity index (χ4n) is 3.04. The van der Waals surface area contributed by atoms with Crippen molar-refractivity contribution in [3.05, 3.63) is 96.1 Å². The van der Waals surface area contributed by atoms with Crippen LogP contribution in [0.25, 0.3) is 0 Å². The highest BCUT2D eigenvalue weighted by molar-refractivity contribution is 5.91. The van der Waals surface area contributed by atoms with E-state index in [2.05, 4.69) is 22.8 Å². The Morgan fingerprint density at radius 2 is 1.28 bits per heavy atom. The van der Waals surface area contributed by atoms with E-state index in [1.165, 1.54) is 5.56 Å². The molecule has 0 aliphatic heterocycles. The molecule has 0 aliphatic rings. The molecule has 0 saturated carbocycles. The summed E-state index contributed by atoms with van der Waals surface area (Å²) < 4.78 is 10.9. The predicted octanol–water partition coefficient (Wildman–Crippen LogP) is 3.62. The van der Waals surface area contributed by atoms with Crippen molar-refractivity contribution in [1.29, 1.82) is 0 Å². The molecule has 0 atom stereocenters. The van der Waals surface area contributed by atoms with E-state index >= 15 is 0 Å². The summed E-state index contributed by atoms with van der Waals surface area (Å²) in [4.78, 5) is 23.8. The highest BCUT2D eigenvalue weighted by atomic mass is 16.5. The zero-order chi connectivity index (χ0) is 22.4. The maximum absolute atomic E-state index is 12.0. The Kier molecular flexibility index (Phi) is 9.30. The fraction of sp³-hybridized carbons (Fsp3) is 0.231. The molecule has 0 aliphatic carbocycles. The normalized spacial score (nSPS) is 10.4. The van der Waals surface area contributed by atoms with Gasteiger partial charge in [-0.1, -0.05) is 60.7 Å². The highest BCUT2D eigenvalue weighted by Crippen LogP contribution is 2.16. The summed E-state index contributed by atoms with van der Waals surface area (Å²) in [5.41, 5.74) is 3.02. The second-order valence-corrected chi connectivity index (χ2v) is 7.23. The molecule has 0 fully saturated rings. The standard InChI is InChI=1S/C26H28N2O4/c29-25(27-17-15-21-7-3-1-4-8-21)19-31-20-26(30)28-23-11-13-24(14-12-23)32-18-16-22-9-5-2-6-10-22/h1-14H,15-20H2,(H,27,29)(H,28,30). The molecule has 166 valence electrons. The van der Waals surface area contributed by atoms with Gasteiger partial charge in [0, 0.05) is 18.7 Å². The van der Waals surface area contributed by atoms with Crippen LogP contribution in [-0.2, 0) is 27.2 Å². The van der Waals surface area contributed by atoms with E-state index in [-0.39, 0.29) is 25.0 Å². The van der Waals surface area contributed by atoms with E-state index < -0.39 is 0 Å². The second-order valence-electron chi connectivity index (χ2n) is 7.23. The molecule has 32 heavy (non-hydrogen) atoms. The van der Waals surface area contributed by atoms with Gasteiger partial charge in [0.2, 0.25) is 11.8 Å². The molecular weight excluding hydrogens is 404 g/mol. The summed E-state index contributed by atoms with van der Waals surface area (Å²) >= 11 is 0. The number of rotatable bonds is 12. The molecule has 3 rings (SSSR count). The van der Waals surface area contributed by atoms with Crippen LogP contribution < -0.4 is 15.4 Å². The van der Waals surface area contributed by atoms with Crippen molar-refractivity contribution < 1.29 is 19.1 Å². The zero-order valence-electron chi connectivity index (χ0n) is 18.0. The summed E-state index contributed by atoms with van der Waals surface area (Å²) in [6, 6.07) is 27.2. The van der Waals surface area contributed by atoms with Gasteiger partial charge in [-0.05, 0) is 41.8 Å². The molecule has 0 aromatic heterocycles. The van der Waals surface area contributed by atoms with Crippen LogP contribution >= 0.6 is 0 Å². The Bertz CT molecular complexity index is 960. The SMILES string of the molecule is O=C(COCC(=O)Nc1ccc(OCCc2ccccc2)cc1)NCCc1ccccc1. The van der Waals surface area contributed by atoms with Crippen molar-refractivity contribution >= 4 is 17.5 Å². The first-order valence-corrected chi connectivity index (χ1v) is 10.6. The first kappa shape index (κ1) is 23.0. The van der Waals surface area contributed by atoms with Gasteiger partial charge in [-0.15, -0.1) is 0 Å². The topological polar surface area (TPSA) is 76.7 Å². The molecule has 2 amide bonds. The van der Waals surface area contributed by atoms with E-state index in [1.54, 1.807) is 12.1 Å². The lowest BCUT2D eigenvalue weighted by atomic mass is 10.1. The molecule has 0 saturated heterocycles. The summed E-state index contributed by atoms with van der Waals surface area (Å²) in [5, 5.41) is 5.52. The van der Waals surface area contributed by atoms with Crippen LogP contribution in [-0.4, -0.2) is 38.2 Å². The van der Waals surface area contributed by atoms with Crippen LogP contribution in [0.4, 0.5) is 5.69 Å². The number of hydrogen-bond donors (Lipinski definition) is 2. The van der Waals surface area contributed by atoms with E-state index in [0.29, 0.717) is 18.8 Å². The van der Waals surface area contributed by atoms with Gasteiger partial charge < -0.3 is 20.1 Å². The summed E-state index contributed by atoms with van der Waals surface area (Å²) in [6.45, 7) is 0.757. The molecule has 3 aromatic carbocycles. The minimum atomic E-state index is -0.320. The number of anilines is 1. The molecule has 0 radical (unpaired) electrons. The third-order valence-corrected chi connectivity index (χ3v) is 4.69. The maximum Gasteiger partial charge on any atom is 0.250 e. The lowest BCUT2D eigenvalue weighted by Crippen LogP contribution is -2.31. The number of hydrogen-bond acceptors (Lipinski definition) is 4. The van der Waals surface area contributed by atoms with Crippen LogP contribution in [0.3, 0.4) is 0 Å². The van der Waals surface area contributed by atoms with Crippen LogP contribution in [0.2, 0.25) is 0 Å². The van der Waals surface area contributed by atoms with E-state index in [0.717, 1.165) is 24.2 Å². The van der Waals surface area contributed by atoms with Gasteiger partial charge in [0.15, 0.2) is 0 Å². The molecule has 6 heteroatoms. The quantitative estimate of drug-likeness (QED) is 0.458. The molecule has 6 nitrogen and oxygen atoms in total. The fourth-order valence-corrected chi connectivity index (χ4v) is 3.04. The predicted molar refractivity (Wildman–Crippen MR) is 125 cm³/mol. The van der Waals surface area contributed by atoms with Crippen LogP contribution in [0.15, 0.2) is 84.9 Å². The van der Waals surface area contributed by atoms with Gasteiger partial charge in [-0.3, -0.25) is 9.59 Å². The van der Waals surface area contributed by atoms with Gasteiger partial charge in [0.25, 0.3) is 0 Å². The number of nitrogens with one attached hydrogen (secondary N) is 2. The molecule has 0 spiro atoms. The smallest absolute Gasteiger partial charge is 0.250 e. The van der Waals surface area contributed by atoms with Crippen molar-refractivity contribution in [2.75, 3.05) is 31.7 Å². The largest absolute Gasteiger partial charge is 0.493 e. The molecule has 0 bridgehead atoms. The Hall–Kier alpha value is -3.64. The lowest BCUT2D eigenvalue weighted by molar-refractivity contribution is -0.128. The maximum atomic E-state index is 12.0. The number of carbonyl (C=O) groups excluding carboxylic acids is 2. The summed E-state index contributed by atoms with van der Waals surface area (Å²) in [7, 11) is 0. The van der Waals surface area contributed by atoms with Crippen LogP contribution in [0.5, 0.6) is 5.75 Å². The Morgan fingerprint density at radius 1 is 0.688 bits per heavy atom. The Labute approximate surface area is 188 Å². The average molecular weight is 433 g/mol. The first-order valence-electron chi connectivity index (χ1n) is 10.6. The molecule has 3 aromatic rings. The van der Waals surface area contributed by atoms with E-state index in [1.807, 2.05) is 60.7 Å². The van der Waals surface area contributed by atoms with Crippen molar-refractivity contribution in [2.24, 2.45) is 0 Å². The number of amides is 2. The van der Waals surface area contributed by atoms with Gasteiger partial charge in [-0.2, -0.15) is 0 Å². The monoisotopic (exact) mass is 432 g/mol. The molecule has 2 N–H and O–H groups in total. The Morgan fingerprint density at radius 3 is 1.94 bits per heavy atom. The number of benzene rings is 3. The first-order chi connectivity index (χ1) is 15.7. The van der Waals surface area contributed by atoms with Crippen molar-refractivity contribution in [3.63, 3.8) is 0 Å². The third kappa shape index (κ3) is 8.62. The van der Waals surface area contributed by atoms with Crippen molar-refractivity contribution in [1.82, 2.24) is 5.32 Å². The van der Waals surface area contributed by atoms with Gasteiger partial charge in [0.05, 0.1) is 6.61 Å². The third-order valence-electron chi connectivity index (χ3n) is 4.69. The van der Waals surface area contributed by atoms with Crippen molar-refractivity contribution in [2.45, 2.75) is 12.8 Å².